The Bertz CT molecular complexity index is 530. The van der Waals surface area contributed by atoms with Crippen molar-refractivity contribution in [3.05, 3.63) is 29.8 Å². The van der Waals surface area contributed by atoms with E-state index in [-0.39, 0.29) is 5.60 Å². The Morgan fingerprint density at radius 1 is 1.43 bits per heavy atom. The second kappa shape index (κ2) is 6.08. The van der Waals surface area contributed by atoms with Gasteiger partial charge in [0.05, 0.1) is 12.2 Å². The minimum absolute atomic E-state index is 0.174. The van der Waals surface area contributed by atoms with Crippen molar-refractivity contribution < 1.29 is 9.47 Å². The van der Waals surface area contributed by atoms with E-state index in [9.17, 15) is 0 Å². The minimum Gasteiger partial charge on any atom is -0.493 e. The van der Waals surface area contributed by atoms with Gasteiger partial charge in [0.25, 0.3) is 0 Å². The van der Waals surface area contributed by atoms with Crippen LogP contribution in [0.4, 0.5) is 0 Å². The molecule has 0 radical (unpaired) electrons. The third-order valence-corrected chi connectivity index (χ3v) is 4.21. The van der Waals surface area contributed by atoms with Crippen molar-refractivity contribution in [3.8, 4) is 11.5 Å². The lowest BCUT2D eigenvalue weighted by Crippen LogP contribution is -2.39. The summed E-state index contributed by atoms with van der Waals surface area (Å²) in [5, 5.41) is 0. The Labute approximate surface area is 126 Å². The first-order valence-electron chi connectivity index (χ1n) is 7.83. The normalized spacial score (nSPS) is 24.1. The highest BCUT2D eigenvalue weighted by Gasteiger charge is 2.40. The fraction of sp³-hybridized carbons (Fsp3) is 0.529. The number of likely N-dealkylation sites (tertiary alicyclic amines) is 1. The van der Waals surface area contributed by atoms with Crippen molar-refractivity contribution in [2.75, 3.05) is 32.8 Å². The average Bonchev–Trinajstić information content (AvgIpc) is 2.88. The quantitative estimate of drug-likeness (QED) is 0.903. The van der Waals surface area contributed by atoms with Gasteiger partial charge < -0.3 is 15.2 Å². The third kappa shape index (κ3) is 2.92. The number of hydrogen-bond acceptors (Lipinski definition) is 4. The topological polar surface area (TPSA) is 47.7 Å². The summed E-state index contributed by atoms with van der Waals surface area (Å²) in [7, 11) is 0. The summed E-state index contributed by atoms with van der Waals surface area (Å²) in [4.78, 5) is 2.44. The van der Waals surface area contributed by atoms with E-state index in [4.69, 9.17) is 15.2 Å². The summed E-state index contributed by atoms with van der Waals surface area (Å²) in [6.45, 7) is 6.50. The zero-order valence-electron chi connectivity index (χ0n) is 12.7. The van der Waals surface area contributed by atoms with E-state index in [2.05, 4.69) is 17.1 Å². The van der Waals surface area contributed by atoms with Gasteiger partial charge in [-0.3, -0.25) is 4.90 Å². The highest BCUT2D eigenvalue weighted by atomic mass is 16.5. The van der Waals surface area contributed by atoms with Crippen LogP contribution in [0.5, 0.6) is 11.5 Å². The van der Waals surface area contributed by atoms with Gasteiger partial charge in [0.2, 0.25) is 0 Å². The predicted molar refractivity (Wildman–Crippen MR) is 84.7 cm³/mol. The number of fused-ring (bicyclic) bond motifs is 1. The van der Waals surface area contributed by atoms with Gasteiger partial charge in [0.15, 0.2) is 0 Å². The van der Waals surface area contributed by atoms with Crippen molar-refractivity contribution in [2.24, 2.45) is 5.73 Å². The van der Waals surface area contributed by atoms with E-state index in [1.807, 2.05) is 25.1 Å². The second-order valence-corrected chi connectivity index (χ2v) is 5.77. The van der Waals surface area contributed by atoms with Crippen LogP contribution in [-0.4, -0.2) is 43.3 Å². The molecule has 2 N–H and O–H groups in total. The molecule has 4 heteroatoms. The first-order chi connectivity index (χ1) is 10.3. The standard InChI is InChI=1S/C17H24N2O2/c1-2-20-15-5-3-6-16-14(15)7-8-17(21-16)9-12-19(13-17)11-4-10-18/h3,5-8H,2,4,9-13,18H2,1H3. The molecule has 0 aromatic heterocycles. The number of nitrogens with two attached hydrogens (primary N) is 1. The van der Waals surface area contributed by atoms with Gasteiger partial charge in [-0.2, -0.15) is 0 Å². The molecule has 3 rings (SSSR count). The van der Waals surface area contributed by atoms with E-state index in [0.717, 1.165) is 56.1 Å². The van der Waals surface area contributed by atoms with Crippen LogP contribution in [0.1, 0.15) is 25.3 Å². The molecule has 1 atom stereocenters. The summed E-state index contributed by atoms with van der Waals surface area (Å²) in [6.07, 6.45) is 6.45. The highest BCUT2D eigenvalue weighted by molar-refractivity contribution is 5.67. The molecule has 1 aromatic rings. The molecule has 0 bridgehead atoms. The van der Waals surface area contributed by atoms with Crippen molar-refractivity contribution in [1.82, 2.24) is 4.90 Å². The van der Waals surface area contributed by atoms with Crippen molar-refractivity contribution in [3.63, 3.8) is 0 Å². The SMILES string of the molecule is CCOc1cccc2c1C=CC1(CCN(CCCN)C1)O2. The van der Waals surface area contributed by atoms with E-state index in [0.29, 0.717) is 6.61 Å². The van der Waals surface area contributed by atoms with E-state index in [1.54, 1.807) is 0 Å². The number of ether oxygens (including phenoxy) is 2. The molecule has 0 aliphatic carbocycles. The first kappa shape index (κ1) is 14.4. The molecule has 2 aliphatic rings. The lowest BCUT2D eigenvalue weighted by Gasteiger charge is -2.32. The molecule has 21 heavy (non-hydrogen) atoms. The monoisotopic (exact) mass is 288 g/mol. The summed E-state index contributed by atoms with van der Waals surface area (Å²) in [5.41, 5.74) is 6.49. The maximum atomic E-state index is 6.34. The molecule has 2 heterocycles. The summed E-state index contributed by atoms with van der Waals surface area (Å²) in [5.74, 6) is 1.84. The van der Waals surface area contributed by atoms with Gasteiger partial charge >= 0.3 is 0 Å². The maximum Gasteiger partial charge on any atom is 0.141 e. The molecule has 1 spiro atoms. The van der Waals surface area contributed by atoms with Gasteiger partial charge in [-0.15, -0.1) is 0 Å². The summed E-state index contributed by atoms with van der Waals surface area (Å²) < 4.78 is 12.0. The predicted octanol–water partition coefficient (Wildman–Crippen LogP) is 2.28. The summed E-state index contributed by atoms with van der Waals surface area (Å²) in [6, 6.07) is 6.03. The third-order valence-electron chi connectivity index (χ3n) is 4.21. The van der Waals surface area contributed by atoms with Crippen molar-refractivity contribution in [2.45, 2.75) is 25.4 Å². The Hall–Kier alpha value is -1.52. The van der Waals surface area contributed by atoms with Gasteiger partial charge in [0.1, 0.15) is 17.1 Å². The molecular formula is C17H24N2O2. The molecule has 0 amide bonds. The van der Waals surface area contributed by atoms with Crippen LogP contribution in [0.3, 0.4) is 0 Å². The largest absolute Gasteiger partial charge is 0.493 e. The zero-order chi connectivity index (χ0) is 14.7. The van der Waals surface area contributed by atoms with Gasteiger partial charge in [0, 0.05) is 19.5 Å². The molecule has 1 saturated heterocycles. The van der Waals surface area contributed by atoms with Crippen LogP contribution in [0.2, 0.25) is 0 Å². The van der Waals surface area contributed by atoms with Crippen LogP contribution in [-0.2, 0) is 0 Å². The number of benzene rings is 1. The number of nitrogens with zero attached hydrogens (tertiary/aromatic N) is 1. The highest BCUT2D eigenvalue weighted by Crippen LogP contribution is 2.40. The van der Waals surface area contributed by atoms with E-state index in [1.165, 1.54) is 0 Å². The zero-order valence-corrected chi connectivity index (χ0v) is 12.7. The second-order valence-electron chi connectivity index (χ2n) is 5.77. The van der Waals surface area contributed by atoms with Crippen molar-refractivity contribution >= 4 is 6.08 Å². The first-order valence-corrected chi connectivity index (χ1v) is 7.83. The molecule has 1 unspecified atom stereocenters. The smallest absolute Gasteiger partial charge is 0.141 e. The Morgan fingerprint density at radius 2 is 2.33 bits per heavy atom. The molecule has 1 fully saturated rings. The molecular weight excluding hydrogens is 264 g/mol. The fourth-order valence-corrected chi connectivity index (χ4v) is 3.16. The molecule has 1 aromatic carbocycles. The molecule has 0 saturated carbocycles. The fourth-order valence-electron chi connectivity index (χ4n) is 3.16. The lowest BCUT2D eigenvalue weighted by atomic mass is 9.97. The lowest BCUT2D eigenvalue weighted by molar-refractivity contribution is 0.122. The number of rotatable bonds is 5. The Morgan fingerprint density at radius 3 is 3.14 bits per heavy atom. The van der Waals surface area contributed by atoms with Crippen molar-refractivity contribution in [1.29, 1.82) is 0 Å². The van der Waals surface area contributed by atoms with Crippen LogP contribution in [0.25, 0.3) is 6.08 Å². The average molecular weight is 288 g/mol. The minimum atomic E-state index is -0.174. The molecule has 4 nitrogen and oxygen atoms in total. The van der Waals surface area contributed by atoms with Gasteiger partial charge in [-0.05, 0) is 50.7 Å². The van der Waals surface area contributed by atoms with Crippen LogP contribution < -0.4 is 15.2 Å². The Kier molecular flexibility index (Phi) is 4.17. The van der Waals surface area contributed by atoms with Gasteiger partial charge in [-0.25, -0.2) is 0 Å². The van der Waals surface area contributed by atoms with Gasteiger partial charge in [-0.1, -0.05) is 6.07 Å². The maximum absolute atomic E-state index is 6.34. The van der Waals surface area contributed by atoms with Crippen LogP contribution >= 0.6 is 0 Å². The molecule has 114 valence electrons. The number of hydrogen-bond donors (Lipinski definition) is 1. The van der Waals surface area contributed by atoms with Crippen LogP contribution in [0, 0.1) is 0 Å². The molecule has 2 aliphatic heterocycles. The van der Waals surface area contributed by atoms with Crippen LogP contribution in [0.15, 0.2) is 24.3 Å². The summed E-state index contributed by atoms with van der Waals surface area (Å²) >= 11 is 0. The Balaban J connectivity index is 1.76. The van der Waals surface area contributed by atoms with E-state index < -0.39 is 0 Å². The van der Waals surface area contributed by atoms with E-state index >= 15 is 0 Å².